The standard InChI is InChI=1S/C11H12O3S/c1-7-4-3-5-8(2)10(7)11(14)15-6-9(12)13/h3-5H,6H2,1-2H3,(H,12,13). The van der Waals surface area contributed by atoms with Crippen molar-refractivity contribution in [1.29, 1.82) is 0 Å². The Bertz CT molecular complexity index is 379. The fourth-order valence-corrected chi connectivity index (χ4v) is 2.06. The minimum atomic E-state index is -0.973. The number of hydrogen-bond acceptors (Lipinski definition) is 3. The number of benzene rings is 1. The van der Waals surface area contributed by atoms with E-state index in [1.165, 1.54) is 0 Å². The Morgan fingerprint density at radius 1 is 1.27 bits per heavy atom. The minimum Gasteiger partial charge on any atom is -0.481 e. The highest BCUT2D eigenvalue weighted by molar-refractivity contribution is 8.14. The van der Waals surface area contributed by atoms with Crippen molar-refractivity contribution in [1.82, 2.24) is 0 Å². The van der Waals surface area contributed by atoms with Crippen LogP contribution in [0.25, 0.3) is 0 Å². The number of carbonyl (C=O) groups excluding carboxylic acids is 1. The molecule has 3 nitrogen and oxygen atoms in total. The van der Waals surface area contributed by atoms with Crippen LogP contribution in [0.4, 0.5) is 0 Å². The molecule has 1 aromatic carbocycles. The Hall–Kier alpha value is -1.29. The highest BCUT2D eigenvalue weighted by Gasteiger charge is 2.13. The predicted molar refractivity (Wildman–Crippen MR) is 60.3 cm³/mol. The van der Waals surface area contributed by atoms with Gasteiger partial charge >= 0.3 is 5.97 Å². The quantitative estimate of drug-likeness (QED) is 0.855. The Labute approximate surface area is 92.5 Å². The Morgan fingerprint density at radius 2 is 1.80 bits per heavy atom. The lowest BCUT2D eigenvalue weighted by molar-refractivity contribution is -0.133. The molecular weight excluding hydrogens is 212 g/mol. The summed E-state index contributed by atoms with van der Waals surface area (Å²) in [6.45, 7) is 3.70. The fourth-order valence-electron chi connectivity index (χ4n) is 1.34. The van der Waals surface area contributed by atoms with Gasteiger partial charge < -0.3 is 5.11 Å². The van der Waals surface area contributed by atoms with Gasteiger partial charge in [-0.2, -0.15) is 0 Å². The SMILES string of the molecule is Cc1cccc(C)c1C(=O)SCC(=O)O. The Morgan fingerprint density at radius 3 is 2.27 bits per heavy atom. The zero-order chi connectivity index (χ0) is 11.4. The molecule has 0 unspecified atom stereocenters. The van der Waals surface area contributed by atoms with Crippen molar-refractivity contribution in [3.63, 3.8) is 0 Å². The average Bonchev–Trinajstić information content (AvgIpc) is 2.14. The maximum absolute atomic E-state index is 11.7. The summed E-state index contributed by atoms with van der Waals surface area (Å²) in [5.74, 6) is -1.16. The van der Waals surface area contributed by atoms with Gasteiger partial charge in [-0.25, -0.2) is 0 Å². The van der Waals surface area contributed by atoms with Crippen molar-refractivity contribution in [2.45, 2.75) is 13.8 Å². The predicted octanol–water partition coefficient (Wildman–Crippen LogP) is 2.26. The molecule has 0 heterocycles. The molecule has 0 aliphatic carbocycles. The highest BCUT2D eigenvalue weighted by atomic mass is 32.2. The summed E-state index contributed by atoms with van der Waals surface area (Å²) in [7, 11) is 0. The van der Waals surface area contributed by atoms with E-state index in [0.717, 1.165) is 22.9 Å². The van der Waals surface area contributed by atoms with E-state index in [-0.39, 0.29) is 10.9 Å². The van der Waals surface area contributed by atoms with Gasteiger partial charge in [-0.3, -0.25) is 9.59 Å². The second-order valence-corrected chi connectivity index (χ2v) is 4.18. The molecule has 0 spiro atoms. The van der Waals surface area contributed by atoms with E-state index in [9.17, 15) is 9.59 Å². The summed E-state index contributed by atoms with van der Waals surface area (Å²) in [6.07, 6.45) is 0. The van der Waals surface area contributed by atoms with Crippen LogP contribution in [-0.4, -0.2) is 21.9 Å². The van der Waals surface area contributed by atoms with Gasteiger partial charge in [0.05, 0.1) is 5.75 Å². The third-order valence-corrected chi connectivity index (χ3v) is 2.87. The number of rotatable bonds is 3. The monoisotopic (exact) mass is 224 g/mol. The molecule has 1 rings (SSSR count). The molecule has 1 N–H and O–H groups in total. The van der Waals surface area contributed by atoms with Crippen LogP contribution in [0.3, 0.4) is 0 Å². The van der Waals surface area contributed by atoms with Gasteiger partial charge in [-0.1, -0.05) is 30.0 Å². The molecule has 0 aliphatic rings. The molecule has 0 amide bonds. The highest BCUT2D eigenvalue weighted by Crippen LogP contribution is 2.19. The largest absolute Gasteiger partial charge is 0.481 e. The van der Waals surface area contributed by atoms with Crippen LogP contribution in [0, 0.1) is 13.8 Å². The maximum atomic E-state index is 11.7. The summed E-state index contributed by atoms with van der Waals surface area (Å²) in [6, 6.07) is 5.58. The van der Waals surface area contributed by atoms with E-state index in [1.54, 1.807) is 0 Å². The molecular formula is C11H12O3S. The van der Waals surface area contributed by atoms with Gasteiger partial charge in [0, 0.05) is 5.56 Å². The summed E-state index contributed by atoms with van der Waals surface area (Å²) in [5, 5.41) is 8.30. The third kappa shape index (κ3) is 3.09. The number of hydrogen-bond donors (Lipinski definition) is 1. The molecule has 4 heteroatoms. The first-order valence-electron chi connectivity index (χ1n) is 4.47. The van der Waals surface area contributed by atoms with Crippen LogP contribution < -0.4 is 0 Å². The van der Waals surface area contributed by atoms with Crippen molar-refractivity contribution in [3.05, 3.63) is 34.9 Å². The van der Waals surface area contributed by atoms with Crippen LogP contribution in [0.2, 0.25) is 0 Å². The molecule has 0 atom stereocenters. The first-order valence-corrected chi connectivity index (χ1v) is 5.46. The molecule has 15 heavy (non-hydrogen) atoms. The van der Waals surface area contributed by atoms with Gasteiger partial charge in [-0.05, 0) is 25.0 Å². The zero-order valence-electron chi connectivity index (χ0n) is 8.61. The number of aliphatic carboxylic acids is 1. The average molecular weight is 224 g/mol. The van der Waals surface area contributed by atoms with E-state index >= 15 is 0 Å². The zero-order valence-corrected chi connectivity index (χ0v) is 9.43. The van der Waals surface area contributed by atoms with Crippen molar-refractivity contribution in [3.8, 4) is 0 Å². The van der Waals surface area contributed by atoms with Crippen molar-refractivity contribution >= 4 is 22.8 Å². The van der Waals surface area contributed by atoms with Crippen LogP contribution in [0.15, 0.2) is 18.2 Å². The molecule has 80 valence electrons. The molecule has 0 saturated carbocycles. The number of carbonyl (C=O) groups is 2. The molecule has 0 saturated heterocycles. The molecule has 0 radical (unpaired) electrons. The number of aryl methyl sites for hydroxylation is 2. The maximum Gasteiger partial charge on any atom is 0.313 e. The topological polar surface area (TPSA) is 54.4 Å². The van der Waals surface area contributed by atoms with E-state index in [1.807, 2.05) is 32.0 Å². The molecule has 0 bridgehead atoms. The minimum absolute atomic E-state index is 0.173. The second-order valence-electron chi connectivity index (χ2n) is 3.24. The second kappa shape index (κ2) is 4.98. The number of carboxylic acid groups (broad SMARTS) is 1. The fraction of sp³-hybridized carbons (Fsp3) is 0.273. The molecule has 0 aromatic heterocycles. The van der Waals surface area contributed by atoms with Crippen LogP contribution in [0.5, 0.6) is 0 Å². The summed E-state index contributed by atoms with van der Waals surface area (Å²) < 4.78 is 0. The Balaban J connectivity index is 2.86. The van der Waals surface area contributed by atoms with E-state index in [0.29, 0.717) is 5.56 Å². The van der Waals surface area contributed by atoms with Crippen LogP contribution in [0.1, 0.15) is 21.5 Å². The van der Waals surface area contributed by atoms with Crippen molar-refractivity contribution < 1.29 is 14.7 Å². The molecule has 1 aromatic rings. The summed E-state index contributed by atoms with van der Waals surface area (Å²) >= 11 is 0.827. The van der Waals surface area contributed by atoms with Crippen molar-refractivity contribution in [2.75, 3.05) is 5.75 Å². The van der Waals surface area contributed by atoms with E-state index < -0.39 is 5.97 Å². The first-order chi connectivity index (χ1) is 7.02. The van der Waals surface area contributed by atoms with Gasteiger partial charge in [-0.15, -0.1) is 0 Å². The lowest BCUT2D eigenvalue weighted by atomic mass is 10.0. The lowest BCUT2D eigenvalue weighted by Gasteiger charge is -2.06. The molecule has 0 fully saturated rings. The van der Waals surface area contributed by atoms with Crippen molar-refractivity contribution in [2.24, 2.45) is 0 Å². The third-order valence-electron chi connectivity index (χ3n) is 2.01. The molecule has 0 aliphatic heterocycles. The number of carboxylic acids is 1. The van der Waals surface area contributed by atoms with Crippen LogP contribution >= 0.6 is 11.8 Å². The van der Waals surface area contributed by atoms with Gasteiger partial charge in [0.25, 0.3) is 0 Å². The van der Waals surface area contributed by atoms with Gasteiger partial charge in [0.1, 0.15) is 0 Å². The lowest BCUT2D eigenvalue weighted by Crippen LogP contribution is -2.05. The van der Waals surface area contributed by atoms with E-state index in [2.05, 4.69) is 0 Å². The summed E-state index contributed by atoms with van der Waals surface area (Å²) in [5.41, 5.74) is 2.40. The van der Waals surface area contributed by atoms with Gasteiger partial charge in [0.2, 0.25) is 5.12 Å². The van der Waals surface area contributed by atoms with E-state index in [4.69, 9.17) is 5.11 Å². The number of thioether (sulfide) groups is 1. The first kappa shape index (κ1) is 11.8. The normalized spacial score (nSPS) is 10.0. The smallest absolute Gasteiger partial charge is 0.313 e. The Kier molecular flexibility index (Phi) is 3.91. The van der Waals surface area contributed by atoms with Gasteiger partial charge in [0.15, 0.2) is 0 Å². The summed E-state index contributed by atoms with van der Waals surface area (Å²) in [4.78, 5) is 22.0. The van der Waals surface area contributed by atoms with Crippen LogP contribution in [-0.2, 0) is 4.79 Å².